The van der Waals surface area contributed by atoms with Crippen molar-refractivity contribution in [3.8, 4) is 0 Å². The highest BCUT2D eigenvalue weighted by molar-refractivity contribution is 6.30. The van der Waals surface area contributed by atoms with Gasteiger partial charge in [0.15, 0.2) is 0 Å². The van der Waals surface area contributed by atoms with Crippen molar-refractivity contribution < 1.29 is 4.39 Å². The highest BCUT2D eigenvalue weighted by Gasteiger charge is 2.18. The van der Waals surface area contributed by atoms with Crippen LogP contribution in [-0.2, 0) is 6.54 Å². The molecule has 1 rings (SSSR count). The fourth-order valence-corrected chi connectivity index (χ4v) is 1.95. The van der Waals surface area contributed by atoms with Crippen molar-refractivity contribution in [2.45, 2.75) is 20.4 Å². The van der Waals surface area contributed by atoms with Gasteiger partial charge in [-0.3, -0.25) is 0 Å². The second kappa shape index (κ2) is 5.80. The molecule has 0 bridgehead atoms. The summed E-state index contributed by atoms with van der Waals surface area (Å²) in [6, 6.07) is 4.78. The molecule has 0 fully saturated rings. The molecular formula is C13H20ClFN2. The van der Waals surface area contributed by atoms with Gasteiger partial charge in [-0.15, -0.1) is 0 Å². The Balaban J connectivity index is 2.65. The molecule has 0 saturated heterocycles. The monoisotopic (exact) mass is 258 g/mol. The average Bonchev–Trinajstić information content (AvgIpc) is 2.21. The van der Waals surface area contributed by atoms with Crippen LogP contribution in [0.1, 0.15) is 19.4 Å². The van der Waals surface area contributed by atoms with E-state index in [0.717, 1.165) is 6.54 Å². The molecular weight excluding hydrogens is 239 g/mol. The lowest BCUT2D eigenvalue weighted by atomic mass is 9.93. The van der Waals surface area contributed by atoms with Crippen LogP contribution in [0.5, 0.6) is 0 Å². The second-order valence-corrected chi connectivity index (χ2v) is 5.71. The molecule has 0 aliphatic rings. The van der Waals surface area contributed by atoms with E-state index in [2.05, 4.69) is 18.7 Å². The highest BCUT2D eigenvalue weighted by Crippen LogP contribution is 2.19. The van der Waals surface area contributed by atoms with E-state index in [-0.39, 0.29) is 11.2 Å². The summed E-state index contributed by atoms with van der Waals surface area (Å²) in [4.78, 5) is 2.07. The standard InChI is InChI=1S/C13H20ClFN2/c1-13(2,8-16)9-17(3)7-10-4-5-11(14)6-12(10)15/h4-6H,7-9,16H2,1-3H3. The van der Waals surface area contributed by atoms with Crippen LogP contribution >= 0.6 is 11.6 Å². The van der Waals surface area contributed by atoms with Gasteiger partial charge in [-0.05, 0) is 31.1 Å². The van der Waals surface area contributed by atoms with E-state index >= 15 is 0 Å². The van der Waals surface area contributed by atoms with Crippen LogP contribution < -0.4 is 5.73 Å². The first-order valence-electron chi connectivity index (χ1n) is 5.66. The topological polar surface area (TPSA) is 29.3 Å². The van der Waals surface area contributed by atoms with Gasteiger partial charge < -0.3 is 10.6 Å². The molecule has 2 nitrogen and oxygen atoms in total. The van der Waals surface area contributed by atoms with Crippen molar-refractivity contribution >= 4 is 11.6 Å². The molecule has 0 aromatic heterocycles. The summed E-state index contributed by atoms with van der Waals surface area (Å²) in [6.45, 7) is 6.20. The van der Waals surface area contributed by atoms with Crippen molar-refractivity contribution in [3.63, 3.8) is 0 Å². The lowest BCUT2D eigenvalue weighted by Gasteiger charge is -2.29. The predicted octanol–water partition coefficient (Wildman–Crippen LogP) is 2.90. The SMILES string of the molecule is CN(Cc1ccc(Cl)cc1F)CC(C)(C)CN. The third-order valence-corrected chi connectivity index (χ3v) is 2.94. The zero-order chi connectivity index (χ0) is 13.1. The summed E-state index contributed by atoms with van der Waals surface area (Å²) >= 11 is 5.71. The first-order chi connectivity index (χ1) is 7.84. The Bertz CT molecular complexity index is 380. The van der Waals surface area contributed by atoms with E-state index in [0.29, 0.717) is 23.7 Å². The van der Waals surface area contributed by atoms with Crippen LogP contribution in [0.4, 0.5) is 4.39 Å². The summed E-state index contributed by atoms with van der Waals surface area (Å²) in [5.74, 6) is -0.255. The maximum Gasteiger partial charge on any atom is 0.129 e. The molecule has 0 aliphatic carbocycles. The molecule has 0 unspecified atom stereocenters. The van der Waals surface area contributed by atoms with Crippen molar-refractivity contribution in [2.75, 3.05) is 20.1 Å². The normalized spacial score (nSPS) is 12.2. The van der Waals surface area contributed by atoms with Gasteiger partial charge in [0.05, 0.1) is 0 Å². The molecule has 0 heterocycles. The molecule has 0 spiro atoms. The summed E-state index contributed by atoms with van der Waals surface area (Å²) in [5, 5.41) is 0.427. The van der Waals surface area contributed by atoms with Crippen LogP contribution in [0.15, 0.2) is 18.2 Å². The Morgan fingerprint density at radius 3 is 2.59 bits per heavy atom. The number of nitrogens with zero attached hydrogens (tertiary/aromatic N) is 1. The molecule has 96 valence electrons. The molecule has 17 heavy (non-hydrogen) atoms. The Kier molecular flexibility index (Phi) is 4.92. The molecule has 0 saturated carbocycles. The maximum absolute atomic E-state index is 13.6. The summed E-state index contributed by atoms with van der Waals surface area (Å²) in [6.07, 6.45) is 0. The molecule has 0 radical (unpaired) electrons. The number of nitrogens with two attached hydrogens (primary N) is 1. The van der Waals surface area contributed by atoms with Crippen LogP contribution in [0, 0.1) is 11.2 Å². The highest BCUT2D eigenvalue weighted by atomic mass is 35.5. The van der Waals surface area contributed by atoms with Crippen LogP contribution in [0.25, 0.3) is 0 Å². The fourth-order valence-electron chi connectivity index (χ4n) is 1.79. The van der Waals surface area contributed by atoms with Gasteiger partial charge in [0.1, 0.15) is 5.82 Å². The lowest BCUT2D eigenvalue weighted by molar-refractivity contribution is 0.208. The van der Waals surface area contributed by atoms with Crippen LogP contribution in [0.2, 0.25) is 5.02 Å². The van der Waals surface area contributed by atoms with Crippen molar-refractivity contribution in [3.05, 3.63) is 34.6 Å². The van der Waals surface area contributed by atoms with E-state index in [9.17, 15) is 4.39 Å². The third-order valence-electron chi connectivity index (χ3n) is 2.71. The first-order valence-corrected chi connectivity index (χ1v) is 6.04. The van der Waals surface area contributed by atoms with E-state index < -0.39 is 0 Å². The average molecular weight is 259 g/mol. The first kappa shape index (κ1) is 14.4. The van der Waals surface area contributed by atoms with Gasteiger partial charge >= 0.3 is 0 Å². The Morgan fingerprint density at radius 1 is 1.41 bits per heavy atom. The lowest BCUT2D eigenvalue weighted by Crippen LogP contribution is -2.36. The van der Waals surface area contributed by atoms with E-state index in [4.69, 9.17) is 17.3 Å². The molecule has 0 amide bonds. The molecule has 1 aromatic rings. The number of hydrogen-bond acceptors (Lipinski definition) is 2. The quantitative estimate of drug-likeness (QED) is 0.880. The Morgan fingerprint density at radius 2 is 2.06 bits per heavy atom. The van der Waals surface area contributed by atoms with Crippen molar-refractivity contribution in [1.82, 2.24) is 4.90 Å². The van der Waals surface area contributed by atoms with Crippen molar-refractivity contribution in [2.24, 2.45) is 11.1 Å². The largest absolute Gasteiger partial charge is 0.330 e. The zero-order valence-corrected chi connectivity index (χ0v) is 11.4. The van der Waals surface area contributed by atoms with Gasteiger partial charge in [0.2, 0.25) is 0 Å². The third kappa shape index (κ3) is 4.62. The number of hydrogen-bond donors (Lipinski definition) is 1. The van der Waals surface area contributed by atoms with Gasteiger partial charge in [-0.2, -0.15) is 0 Å². The number of halogens is 2. The molecule has 4 heteroatoms. The molecule has 0 aliphatic heterocycles. The van der Waals surface area contributed by atoms with E-state index in [1.165, 1.54) is 6.07 Å². The van der Waals surface area contributed by atoms with Crippen LogP contribution in [0.3, 0.4) is 0 Å². The van der Waals surface area contributed by atoms with Crippen molar-refractivity contribution in [1.29, 1.82) is 0 Å². The second-order valence-electron chi connectivity index (χ2n) is 5.28. The smallest absolute Gasteiger partial charge is 0.129 e. The van der Waals surface area contributed by atoms with E-state index in [1.54, 1.807) is 12.1 Å². The van der Waals surface area contributed by atoms with Gasteiger partial charge in [-0.25, -0.2) is 4.39 Å². The predicted molar refractivity (Wildman–Crippen MR) is 70.6 cm³/mol. The zero-order valence-electron chi connectivity index (χ0n) is 10.6. The summed E-state index contributed by atoms with van der Waals surface area (Å²) < 4.78 is 13.6. The Hall–Kier alpha value is -0.640. The minimum atomic E-state index is -0.255. The summed E-state index contributed by atoms with van der Waals surface area (Å²) in [5.41, 5.74) is 6.38. The van der Waals surface area contributed by atoms with E-state index in [1.807, 2.05) is 7.05 Å². The molecule has 2 N–H and O–H groups in total. The Labute approximate surface area is 108 Å². The van der Waals surface area contributed by atoms with Crippen LogP contribution in [-0.4, -0.2) is 25.0 Å². The number of rotatable bonds is 5. The van der Waals surface area contributed by atoms with Gasteiger partial charge in [0, 0.05) is 23.7 Å². The molecule has 1 aromatic carbocycles. The summed E-state index contributed by atoms with van der Waals surface area (Å²) in [7, 11) is 1.96. The minimum absolute atomic E-state index is 0.0393. The number of benzene rings is 1. The maximum atomic E-state index is 13.6. The molecule has 0 atom stereocenters. The van der Waals surface area contributed by atoms with Gasteiger partial charge in [0.25, 0.3) is 0 Å². The fraction of sp³-hybridized carbons (Fsp3) is 0.538. The van der Waals surface area contributed by atoms with Gasteiger partial charge in [-0.1, -0.05) is 31.5 Å². The minimum Gasteiger partial charge on any atom is -0.330 e.